The van der Waals surface area contributed by atoms with Crippen molar-refractivity contribution >= 4 is 5.91 Å². The number of hydrogen-bond acceptors (Lipinski definition) is 3. The lowest BCUT2D eigenvalue weighted by Crippen LogP contribution is -2.43. The molecule has 0 radical (unpaired) electrons. The number of hydrogen-bond donors (Lipinski definition) is 1. The standard InChI is InChI=1S/C17H28N2O2/c1-5-10-18-14-6-8-15(9-7-14)19(4)17(20)16-11-12(2)21-13(16)3/h11,14-15,18H,5-10H2,1-4H3. The summed E-state index contributed by atoms with van der Waals surface area (Å²) in [6, 6.07) is 2.83. The summed E-state index contributed by atoms with van der Waals surface area (Å²) in [7, 11) is 1.93. The monoisotopic (exact) mass is 292 g/mol. The summed E-state index contributed by atoms with van der Waals surface area (Å²) in [6.45, 7) is 7.03. The third-order valence-corrected chi connectivity index (χ3v) is 4.52. The Labute approximate surface area is 127 Å². The quantitative estimate of drug-likeness (QED) is 0.906. The molecule has 1 aliphatic rings. The third kappa shape index (κ3) is 3.88. The summed E-state index contributed by atoms with van der Waals surface area (Å²) < 4.78 is 5.48. The van der Waals surface area contributed by atoms with Crippen molar-refractivity contribution in [2.24, 2.45) is 0 Å². The SMILES string of the molecule is CCCNC1CCC(N(C)C(=O)c2cc(C)oc2C)CC1. The summed E-state index contributed by atoms with van der Waals surface area (Å²) in [6.07, 6.45) is 5.66. The van der Waals surface area contributed by atoms with Gasteiger partial charge >= 0.3 is 0 Å². The van der Waals surface area contributed by atoms with Crippen molar-refractivity contribution in [3.8, 4) is 0 Å². The predicted octanol–water partition coefficient (Wildman–Crippen LogP) is 3.28. The molecule has 1 amide bonds. The number of aryl methyl sites for hydroxylation is 2. The average Bonchev–Trinajstić information content (AvgIpc) is 2.83. The first-order valence-corrected chi connectivity index (χ1v) is 8.10. The van der Waals surface area contributed by atoms with E-state index in [9.17, 15) is 4.79 Å². The van der Waals surface area contributed by atoms with Crippen LogP contribution in [0.3, 0.4) is 0 Å². The number of amides is 1. The summed E-state index contributed by atoms with van der Waals surface area (Å²) in [5.41, 5.74) is 0.709. The van der Waals surface area contributed by atoms with Gasteiger partial charge in [-0.2, -0.15) is 0 Å². The van der Waals surface area contributed by atoms with Crippen LogP contribution in [0.5, 0.6) is 0 Å². The molecule has 1 fully saturated rings. The van der Waals surface area contributed by atoms with Crippen LogP contribution in [0.1, 0.15) is 60.9 Å². The van der Waals surface area contributed by atoms with Crippen LogP contribution in [0, 0.1) is 13.8 Å². The van der Waals surface area contributed by atoms with Gasteiger partial charge in [0.25, 0.3) is 5.91 Å². The molecular formula is C17H28N2O2. The van der Waals surface area contributed by atoms with Gasteiger partial charge in [-0.25, -0.2) is 0 Å². The molecule has 2 rings (SSSR count). The lowest BCUT2D eigenvalue weighted by molar-refractivity contribution is 0.0682. The second-order valence-electron chi connectivity index (χ2n) is 6.20. The Morgan fingerprint density at radius 3 is 2.52 bits per heavy atom. The molecule has 0 bridgehead atoms. The molecule has 1 N–H and O–H groups in total. The molecule has 21 heavy (non-hydrogen) atoms. The minimum absolute atomic E-state index is 0.0920. The van der Waals surface area contributed by atoms with Gasteiger partial charge in [0.15, 0.2) is 0 Å². The summed E-state index contributed by atoms with van der Waals surface area (Å²) >= 11 is 0. The average molecular weight is 292 g/mol. The molecule has 1 saturated carbocycles. The first-order chi connectivity index (χ1) is 10.0. The van der Waals surface area contributed by atoms with E-state index in [2.05, 4.69) is 12.2 Å². The zero-order valence-electron chi connectivity index (χ0n) is 13.7. The Bertz CT molecular complexity index is 473. The van der Waals surface area contributed by atoms with Gasteiger partial charge in [-0.3, -0.25) is 4.79 Å². The van der Waals surface area contributed by atoms with E-state index in [-0.39, 0.29) is 5.91 Å². The fraction of sp³-hybridized carbons (Fsp3) is 0.706. The molecule has 4 nitrogen and oxygen atoms in total. The Balaban J connectivity index is 1.91. The van der Waals surface area contributed by atoms with Crippen LogP contribution in [-0.4, -0.2) is 36.5 Å². The van der Waals surface area contributed by atoms with Crippen LogP contribution in [0.25, 0.3) is 0 Å². The van der Waals surface area contributed by atoms with Crippen molar-refractivity contribution in [2.75, 3.05) is 13.6 Å². The Kier molecular flexibility index (Phi) is 5.45. The normalized spacial score (nSPS) is 22.3. The predicted molar refractivity (Wildman–Crippen MR) is 84.6 cm³/mol. The van der Waals surface area contributed by atoms with E-state index in [1.807, 2.05) is 31.9 Å². The molecule has 0 spiro atoms. The van der Waals surface area contributed by atoms with E-state index in [1.54, 1.807) is 0 Å². The van der Waals surface area contributed by atoms with E-state index in [0.717, 1.165) is 43.7 Å². The minimum atomic E-state index is 0.0920. The van der Waals surface area contributed by atoms with Crippen LogP contribution in [0.15, 0.2) is 10.5 Å². The maximum absolute atomic E-state index is 12.6. The van der Waals surface area contributed by atoms with Crippen LogP contribution in [-0.2, 0) is 0 Å². The van der Waals surface area contributed by atoms with Gasteiger partial charge in [-0.1, -0.05) is 6.92 Å². The van der Waals surface area contributed by atoms with Gasteiger partial charge < -0.3 is 14.6 Å². The van der Waals surface area contributed by atoms with Crippen molar-refractivity contribution in [1.29, 1.82) is 0 Å². The highest BCUT2D eigenvalue weighted by atomic mass is 16.3. The molecule has 4 heteroatoms. The fourth-order valence-corrected chi connectivity index (χ4v) is 3.21. The van der Waals surface area contributed by atoms with Crippen LogP contribution in [0.2, 0.25) is 0 Å². The summed E-state index contributed by atoms with van der Waals surface area (Å²) in [4.78, 5) is 14.5. The lowest BCUT2D eigenvalue weighted by atomic mass is 9.90. The maximum atomic E-state index is 12.6. The van der Waals surface area contributed by atoms with Crippen molar-refractivity contribution in [2.45, 2.75) is 65.0 Å². The Hall–Kier alpha value is -1.29. The van der Waals surface area contributed by atoms with Crippen molar-refractivity contribution in [3.05, 3.63) is 23.2 Å². The highest BCUT2D eigenvalue weighted by molar-refractivity contribution is 5.95. The third-order valence-electron chi connectivity index (χ3n) is 4.52. The van der Waals surface area contributed by atoms with Gasteiger partial charge in [-0.15, -0.1) is 0 Å². The molecule has 0 unspecified atom stereocenters. The highest BCUT2D eigenvalue weighted by Gasteiger charge is 2.28. The maximum Gasteiger partial charge on any atom is 0.257 e. The molecule has 0 atom stereocenters. The van der Waals surface area contributed by atoms with E-state index in [0.29, 0.717) is 17.6 Å². The second-order valence-corrected chi connectivity index (χ2v) is 6.20. The lowest BCUT2D eigenvalue weighted by Gasteiger charge is -2.35. The molecule has 0 aliphatic heterocycles. The molecule has 1 aliphatic carbocycles. The van der Waals surface area contributed by atoms with Crippen LogP contribution < -0.4 is 5.32 Å². The van der Waals surface area contributed by atoms with E-state index in [4.69, 9.17) is 4.42 Å². The van der Waals surface area contributed by atoms with Crippen LogP contribution >= 0.6 is 0 Å². The first kappa shape index (κ1) is 16.1. The number of carbonyl (C=O) groups excluding carboxylic acids is 1. The number of rotatable bonds is 5. The van der Waals surface area contributed by atoms with Crippen molar-refractivity contribution in [1.82, 2.24) is 10.2 Å². The first-order valence-electron chi connectivity index (χ1n) is 8.10. The van der Waals surface area contributed by atoms with Gasteiger partial charge in [0.1, 0.15) is 11.5 Å². The second kappa shape index (κ2) is 7.12. The number of carbonyl (C=O) groups is 1. The zero-order chi connectivity index (χ0) is 15.4. The van der Waals surface area contributed by atoms with Crippen molar-refractivity contribution < 1.29 is 9.21 Å². The highest BCUT2D eigenvalue weighted by Crippen LogP contribution is 2.25. The molecule has 1 heterocycles. The molecule has 0 saturated heterocycles. The zero-order valence-corrected chi connectivity index (χ0v) is 13.7. The van der Waals surface area contributed by atoms with Gasteiger partial charge in [0, 0.05) is 19.1 Å². The number of nitrogens with zero attached hydrogens (tertiary/aromatic N) is 1. The summed E-state index contributed by atoms with van der Waals surface area (Å²) in [5.74, 6) is 1.62. The Morgan fingerprint density at radius 2 is 2.00 bits per heavy atom. The molecule has 1 aromatic heterocycles. The molecule has 118 valence electrons. The van der Waals surface area contributed by atoms with Crippen LogP contribution in [0.4, 0.5) is 0 Å². The van der Waals surface area contributed by atoms with Gasteiger partial charge in [0.2, 0.25) is 0 Å². The molecular weight excluding hydrogens is 264 g/mol. The van der Waals surface area contributed by atoms with Crippen molar-refractivity contribution in [3.63, 3.8) is 0 Å². The minimum Gasteiger partial charge on any atom is -0.466 e. The van der Waals surface area contributed by atoms with E-state index in [1.165, 1.54) is 6.42 Å². The smallest absolute Gasteiger partial charge is 0.257 e. The Morgan fingerprint density at radius 1 is 1.33 bits per heavy atom. The van der Waals surface area contributed by atoms with E-state index < -0.39 is 0 Å². The molecule has 0 aromatic carbocycles. The van der Waals surface area contributed by atoms with E-state index >= 15 is 0 Å². The largest absolute Gasteiger partial charge is 0.466 e. The topological polar surface area (TPSA) is 45.5 Å². The number of nitrogens with one attached hydrogen (secondary N) is 1. The summed E-state index contributed by atoms with van der Waals surface area (Å²) in [5, 5.41) is 3.59. The van der Waals surface area contributed by atoms with Gasteiger partial charge in [-0.05, 0) is 58.6 Å². The number of furan rings is 1. The molecule has 1 aromatic rings. The van der Waals surface area contributed by atoms with Gasteiger partial charge in [0.05, 0.1) is 5.56 Å². The fourth-order valence-electron chi connectivity index (χ4n) is 3.21.